The summed E-state index contributed by atoms with van der Waals surface area (Å²) in [5.74, 6) is 0.519. The van der Waals surface area contributed by atoms with Crippen molar-refractivity contribution in [3.8, 4) is 0 Å². The van der Waals surface area contributed by atoms with E-state index in [0.717, 1.165) is 38.4 Å². The molecule has 3 N–H and O–H groups in total. The molecule has 3 atom stereocenters. The molecule has 0 spiro atoms. The van der Waals surface area contributed by atoms with Gasteiger partial charge in [-0.2, -0.15) is 26.3 Å². The Bertz CT molecular complexity index is 949. The molecule has 0 radical (unpaired) electrons. The molecule has 1 aliphatic carbocycles. The van der Waals surface area contributed by atoms with E-state index >= 15 is 0 Å². The summed E-state index contributed by atoms with van der Waals surface area (Å²) in [7, 11) is 0. The first-order valence-corrected chi connectivity index (χ1v) is 10.2. The van der Waals surface area contributed by atoms with Gasteiger partial charge in [-0.25, -0.2) is 4.98 Å². The minimum absolute atomic E-state index is 0.0562. The van der Waals surface area contributed by atoms with Gasteiger partial charge >= 0.3 is 12.4 Å². The van der Waals surface area contributed by atoms with Crippen LogP contribution in [0.5, 0.6) is 0 Å². The van der Waals surface area contributed by atoms with Crippen molar-refractivity contribution in [3.05, 3.63) is 41.1 Å². The molecule has 2 aromatic rings. The zero-order valence-corrected chi connectivity index (χ0v) is 16.6. The van der Waals surface area contributed by atoms with Crippen LogP contribution in [0, 0.1) is 11.3 Å². The lowest BCUT2D eigenvalue weighted by Crippen LogP contribution is -2.39. The average molecular weight is 447 g/mol. The van der Waals surface area contributed by atoms with Crippen molar-refractivity contribution in [3.63, 3.8) is 0 Å². The molecular formula is C21H23F6N3O. The molecule has 2 heterocycles. The van der Waals surface area contributed by atoms with Crippen LogP contribution in [0.4, 0.5) is 26.3 Å². The van der Waals surface area contributed by atoms with Crippen LogP contribution in [0.2, 0.25) is 0 Å². The predicted octanol–water partition coefficient (Wildman–Crippen LogP) is 4.29. The third kappa shape index (κ3) is 4.25. The SMILES string of the molecule is OC(CNCC12CCCC1CNC2)c1cc(C(F)(F)F)nc2c(C(F)(F)F)cccc12. The van der Waals surface area contributed by atoms with E-state index in [-0.39, 0.29) is 22.9 Å². The van der Waals surface area contributed by atoms with E-state index in [9.17, 15) is 31.4 Å². The van der Waals surface area contributed by atoms with Gasteiger partial charge < -0.3 is 15.7 Å². The molecule has 1 aromatic carbocycles. The number of alkyl halides is 6. The number of halogens is 6. The average Bonchev–Trinajstić information content (AvgIpc) is 3.25. The van der Waals surface area contributed by atoms with E-state index in [0.29, 0.717) is 24.6 Å². The number of nitrogens with one attached hydrogen (secondary N) is 2. The lowest BCUT2D eigenvalue weighted by molar-refractivity contribution is -0.142. The summed E-state index contributed by atoms with van der Waals surface area (Å²) in [6.45, 7) is 2.28. The van der Waals surface area contributed by atoms with Crippen LogP contribution < -0.4 is 10.6 Å². The number of fused-ring (bicyclic) bond motifs is 2. The highest BCUT2D eigenvalue weighted by molar-refractivity contribution is 5.86. The molecule has 0 amide bonds. The number of nitrogens with zero attached hydrogens (tertiary/aromatic N) is 1. The fourth-order valence-corrected chi connectivity index (χ4v) is 5.04. The monoisotopic (exact) mass is 447 g/mol. The molecule has 4 nitrogen and oxygen atoms in total. The van der Waals surface area contributed by atoms with E-state index < -0.39 is 35.2 Å². The minimum Gasteiger partial charge on any atom is -0.387 e. The van der Waals surface area contributed by atoms with Gasteiger partial charge in [-0.3, -0.25) is 0 Å². The quantitative estimate of drug-likeness (QED) is 0.599. The lowest BCUT2D eigenvalue weighted by atomic mass is 9.80. The number of aliphatic hydroxyl groups is 1. The molecule has 2 aliphatic rings. The number of aromatic nitrogens is 1. The fourth-order valence-electron chi connectivity index (χ4n) is 5.04. The van der Waals surface area contributed by atoms with Crippen LogP contribution in [-0.4, -0.2) is 36.3 Å². The molecule has 170 valence electrons. The Morgan fingerprint density at radius 3 is 2.68 bits per heavy atom. The van der Waals surface area contributed by atoms with Crippen molar-refractivity contribution in [2.45, 2.75) is 37.7 Å². The van der Waals surface area contributed by atoms with Crippen LogP contribution >= 0.6 is 0 Å². The third-order valence-electron chi connectivity index (χ3n) is 6.60. The summed E-state index contributed by atoms with van der Waals surface area (Å²) in [4.78, 5) is 3.26. The number of rotatable bonds is 5. The summed E-state index contributed by atoms with van der Waals surface area (Å²) in [5.41, 5.74) is -3.70. The van der Waals surface area contributed by atoms with Crippen LogP contribution in [-0.2, 0) is 12.4 Å². The van der Waals surface area contributed by atoms with Gasteiger partial charge in [-0.15, -0.1) is 0 Å². The first-order valence-electron chi connectivity index (χ1n) is 10.2. The number of hydrogen-bond acceptors (Lipinski definition) is 4. The van der Waals surface area contributed by atoms with E-state index in [1.165, 1.54) is 6.07 Å². The highest BCUT2D eigenvalue weighted by Crippen LogP contribution is 2.45. The first kappa shape index (κ1) is 22.3. The fraction of sp³-hybridized carbons (Fsp3) is 0.571. The van der Waals surface area contributed by atoms with E-state index in [2.05, 4.69) is 15.6 Å². The highest BCUT2D eigenvalue weighted by atomic mass is 19.4. The summed E-state index contributed by atoms with van der Waals surface area (Å²) in [6.07, 6.45) is -7.98. The summed E-state index contributed by atoms with van der Waals surface area (Å²) < 4.78 is 80.2. The Morgan fingerprint density at radius 1 is 1.19 bits per heavy atom. The van der Waals surface area contributed by atoms with Gasteiger partial charge in [0.05, 0.1) is 17.2 Å². The van der Waals surface area contributed by atoms with Crippen molar-refractivity contribution >= 4 is 10.9 Å². The van der Waals surface area contributed by atoms with E-state index in [1.54, 1.807) is 0 Å². The molecule has 10 heteroatoms. The molecule has 1 saturated heterocycles. The van der Waals surface area contributed by atoms with E-state index in [1.807, 2.05) is 0 Å². The summed E-state index contributed by atoms with van der Waals surface area (Å²) >= 11 is 0. The van der Waals surface area contributed by atoms with Gasteiger partial charge in [-0.1, -0.05) is 18.6 Å². The van der Waals surface area contributed by atoms with Crippen LogP contribution in [0.3, 0.4) is 0 Å². The van der Waals surface area contributed by atoms with Gasteiger partial charge in [0.2, 0.25) is 0 Å². The smallest absolute Gasteiger partial charge is 0.387 e. The van der Waals surface area contributed by atoms with Crippen LogP contribution in [0.1, 0.15) is 42.2 Å². The van der Waals surface area contributed by atoms with Crippen LogP contribution in [0.15, 0.2) is 24.3 Å². The molecule has 3 unspecified atom stereocenters. The molecule has 1 saturated carbocycles. The highest BCUT2D eigenvalue weighted by Gasteiger charge is 2.45. The van der Waals surface area contributed by atoms with E-state index in [4.69, 9.17) is 0 Å². The largest absolute Gasteiger partial charge is 0.433 e. The maximum Gasteiger partial charge on any atom is 0.433 e. The second-order valence-electron chi connectivity index (χ2n) is 8.52. The summed E-state index contributed by atoms with van der Waals surface area (Å²) in [6, 6.07) is 3.69. The van der Waals surface area contributed by atoms with Gasteiger partial charge in [-0.05, 0) is 48.4 Å². The molecule has 31 heavy (non-hydrogen) atoms. The normalized spacial score (nSPS) is 25.2. The van der Waals surface area contributed by atoms with Gasteiger partial charge in [0.1, 0.15) is 5.69 Å². The van der Waals surface area contributed by atoms with Crippen LogP contribution in [0.25, 0.3) is 10.9 Å². The molecular weight excluding hydrogens is 424 g/mol. The van der Waals surface area contributed by atoms with Crippen molar-refractivity contribution in [2.24, 2.45) is 11.3 Å². The Balaban J connectivity index is 1.64. The standard InChI is InChI=1S/C21H23F6N3O/c22-20(23,24)15-5-1-4-13-14(7-17(21(25,26)27)30-18(13)15)16(31)9-29-11-19-6-2-3-12(19)8-28-10-19/h1,4-5,7,12,16,28-29,31H,2-3,6,8-11H2. The van der Waals surface area contributed by atoms with Gasteiger partial charge in [0, 0.05) is 25.0 Å². The Kier molecular flexibility index (Phi) is 5.68. The molecule has 4 rings (SSSR count). The molecule has 2 fully saturated rings. The van der Waals surface area contributed by atoms with Crippen molar-refractivity contribution in [1.29, 1.82) is 0 Å². The molecule has 1 aromatic heterocycles. The Labute approximate surface area is 175 Å². The predicted molar refractivity (Wildman–Crippen MR) is 102 cm³/mol. The van der Waals surface area contributed by atoms with Crippen molar-refractivity contribution in [1.82, 2.24) is 15.6 Å². The third-order valence-corrected chi connectivity index (χ3v) is 6.60. The van der Waals surface area contributed by atoms with Gasteiger partial charge in [0.25, 0.3) is 0 Å². The number of pyridine rings is 1. The number of hydrogen-bond donors (Lipinski definition) is 3. The number of benzene rings is 1. The lowest BCUT2D eigenvalue weighted by Gasteiger charge is -2.29. The number of para-hydroxylation sites is 1. The Morgan fingerprint density at radius 2 is 1.97 bits per heavy atom. The maximum absolute atomic E-state index is 13.4. The molecule has 1 aliphatic heterocycles. The molecule has 0 bridgehead atoms. The first-order chi connectivity index (χ1) is 14.5. The Hall–Kier alpha value is -1.91. The second-order valence-corrected chi connectivity index (χ2v) is 8.52. The van der Waals surface area contributed by atoms with Gasteiger partial charge in [0.15, 0.2) is 0 Å². The van der Waals surface area contributed by atoms with Crippen molar-refractivity contribution in [2.75, 3.05) is 26.2 Å². The maximum atomic E-state index is 13.4. The second kappa shape index (κ2) is 7.90. The number of aliphatic hydroxyl groups excluding tert-OH is 1. The van der Waals surface area contributed by atoms with Crippen molar-refractivity contribution < 1.29 is 31.4 Å². The topological polar surface area (TPSA) is 57.2 Å². The summed E-state index contributed by atoms with van der Waals surface area (Å²) in [5, 5.41) is 17.0. The zero-order valence-electron chi connectivity index (χ0n) is 16.6. The zero-order chi connectivity index (χ0) is 22.4. The minimum atomic E-state index is -4.94.